The highest BCUT2D eigenvalue weighted by atomic mass is 16.6. The highest BCUT2D eigenvalue weighted by Gasteiger charge is 2.19. The summed E-state index contributed by atoms with van der Waals surface area (Å²) in [5.41, 5.74) is 9.00. The first kappa shape index (κ1) is 43.9. The van der Waals surface area contributed by atoms with Crippen LogP contribution in [-0.4, -0.2) is 68.8 Å². The summed E-state index contributed by atoms with van der Waals surface area (Å²) >= 11 is 0. The molecule has 0 saturated carbocycles. The topological polar surface area (TPSA) is 208 Å². The van der Waals surface area contributed by atoms with E-state index in [2.05, 4.69) is 26.8 Å². The number of carboxylic acid groups (broad SMARTS) is 1. The van der Waals surface area contributed by atoms with Crippen molar-refractivity contribution in [2.24, 2.45) is 11.5 Å². The van der Waals surface area contributed by atoms with Crippen molar-refractivity contribution in [2.45, 2.75) is 73.1 Å². The van der Waals surface area contributed by atoms with Gasteiger partial charge in [-0.05, 0) is 21.0 Å². The number of carbonyl (C=O) groups excluding carboxylic acids is 5. The Kier molecular flexibility index (Phi) is 52.7. The predicted octanol–water partition coefficient (Wildman–Crippen LogP) is 0.751. The highest BCUT2D eigenvalue weighted by molar-refractivity contribution is 5.92. The summed E-state index contributed by atoms with van der Waals surface area (Å²) < 4.78 is 4.08. The Labute approximate surface area is 198 Å². The SMILES string of the molecule is CC.CC.CN.CN.CNC(=O)CCC(=O)O.CNC(=O)CCC(C)=O.O=C1CCC(=O)O1. The summed E-state index contributed by atoms with van der Waals surface area (Å²) in [5, 5.41) is 12.8. The zero-order valence-corrected chi connectivity index (χ0v) is 21.7. The molecule has 198 valence electrons. The van der Waals surface area contributed by atoms with Gasteiger partial charge >= 0.3 is 17.9 Å². The first-order valence-electron chi connectivity index (χ1n) is 10.6. The van der Waals surface area contributed by atoms with Gasteiger partial charge in [0.1, 0.15) is 5.78 Å². The van der Waals surface area contributed by atoms with Crippen LogP contribution in [0.25, 0.3) is 0 Å². The molecule has 0 spiro atoms. The second-order valence-electron chi connectivity index (χ2n) is 4.79. The number of rotatable bonds is 6. The maximum absolute atomic E-state index is 10.5. The summed E-state index contributed by atoms with van der Waals surface area (Å²) in [6.07, 6.45) is 1.15. The van der Waals surface area contributed by atoms with Gasteiger partial charge in [0.15, 0.2) is 0 Å². The number of esters is 2. The predicted molar refractivity (Wildman–Crippen MR) is 128 cm³/mol. The van der Waals surface area contributed by atoms with Crippen molar-refractivity contribution < 1.29 is 38.6 Å². The van der Waals surface area contributed by atoms with Crippen LogP contribution in [0.15, 0.2) is 0 Å². The lowest BCUT2D eigenvalue weighted by Crippen LogP contribution is -2.18. The summed E-state index contributed by atoms with van der Waals surface area (Å²) in [6.45, 7) is 9.48. The number of Topliss-reactive ketones (excluding diaryl/α,β-unsaturated/α-hetero) is 1. The number of amides is 2. The zero-order valence-electron chi connectivity index (χ0n) is 21.7. The van der Waals surface area contributed by atoms with Crippen molar-refractivity contribution in [3.05, 3.63) is 0 Å². The molecule has 1 aliphatic heterocycles. The average Bonchev–Trinajstić information content (AvgIpc) is 3.24. The largest absolute Gasteiger partial charge is 0.481 e. The number of nitrogens with two attached hydrogens (primary N) is 2. The van der Waals surface area contributed by atoms with Gasteiger partial charge < -0.3 is 36.7 Å². The van der Waals surface area contributed by atoms with Gasteiger partial charge in [-0.15, -0.1) is 0 Å². The highest BCUT2D eigenvalue weighted by Crippen LogP contribution is 2.03. The van der Waals surface area contributed by atoms with E-state index in [0.29, 0.717) is 12.8 Å². The Morgan fingerprint density at radius 2 is 1.06 bits per heavy atom. The summed E-state index contributed by atoms with van der Waals surface area (Å²) in [6, 6.07) is 0. The molecule has 1 saturated heterocycles. The van der Waals surface area contributed by atoms with Crippen LogP contribution in [0.3, 0.4) is 0 Å². The molecular weight excluding hydrogens is 436 g/mol. The normalized spacial score (nSPS) is 9.67. The minimum atomic E-state index is -0.946. The molecule has 0 atom stereocenters. The van der Waals surface area contributed by atoms with E-state index < -0.39 is 17.9 Å². The van der Waals surface area contributed by atoms with Crippen LogP contribution in [0.4, 0.5) is 0 Å². The maximum atomic E-state index is 10.5. The van der Waals surface area contributed by atoms with Crippen molar-refractivity contribution >= 4 is 35.5 Å². The van der Waals surface area contributed by atoms with Gasteiger partial charge in [0, 0.05) is 33.4 Å². The first-order valence-corrected chi connectivity index (χ1v) is 10.6. The fourth-order valence-corrected chi connectivity index (χ4v) is 1.19. The molecule has 2 amide bonds. The molecule has 1 rings (SSSR count). The second kappa shape index (κ2) is 39.6. The first-order chi connectivity index (χ1) is 15.6. The Morgan fingerprint density at radius 3 is 1.24 bits per heavy atom. The van der Waals surface area contributed by atoms with Gasteiger partial charge in [-0.1, -0.05) is 27.7 Å². The van der Waals surface area contributed by atoms with E-state index in [4.69, 9.17) is 5.11 Å². The molecule has 0 aromatic heterocycles. The number of hydrogen-bond donors (Lipinski definition) is 5. The van der Waals surface area contributed by atoms with Gasteiger partial charge in [-0.3, -0.25) is 24.0 Å². The second-order valence-corrected chi connectivity index (χ2v) is 4.79. The lowest BCUT2D eigenvalue weighted by Gasteiger charge is -1.93. The fraction of sp³-hybridized carbons (Fsp3) is 0.714. The van der Waals surface area contributed by atoms with Crippen molar-refractivity contribution in [1.82, 2.24) is 10.6 Å². The Morgan fingerprint density at radius 1 is 0.758 bits per heavy atom. The van der Waals surface area contributed by atoms with Gasteiger partial charge in [0.25, 0.3) is 0 Å². The Bertz CT molecular complexity index is 468. The molecule has 12 nitrogen and oxygen atoms in total. The van der Waals surface area contributed by atoms with Crippen molar-refractivity contribution in [2.75, 3.05) is 28.2 Å². The monoisotopic (exact) mass is 482 g/mol. The number of hydrogen-bond acceptors (Lipinski definition) is 9. The van der Waals surface area contributed by atoms with E-state index in [0.717, 1.165) is 0 Å². The maximum Gasteiger partial charge on any atom is 0.314 e. The third kappa shape index (κ3) is 52.9. The lowest BCUT2D eigenvalue weighted by molar-refractivity contribution is -0.152. The Balaban J connectivity index is -0.0000000719. The number of carbonyl (C=O) groups is 6. The van der Waals surface area contributed by atoms with Gasteiger partial charge in [0.2, 0.25) is 11.8 Å². The van der Waals surface area contributed by atoms with Crippen LogP contribution in [0.5, 0.6) is 0 Å². The van der Waals surface area contributed by atoms with E-state index in [1.807, 2.05) is 27.7 Å². The Hall–Kier alpha value is -2.86. The summed E-state index contributed by atoms with van der Waals surface area (Å²) in [4.78, 5) is 60.9. The van der Waals surface area contributed by atoms with Crippen LogP contribution in [-0.2, 0) is 33.5 Å². The van der Waals surface area contributed by atoms with E-state index in [1.165, 1.54) is 28.1 Å². The molecule has 1 aliphatic rings. The van der Waals surface area contributed by atoms with Crippen LogP contribution >= 0.6 is 0 Å². The van der Waals surface area contributed by atoms with Gasteiger partial charge in [-0.2, -0.15) is 0 Å². The number of ketones is 1. The summed E-state index contributed by atoms with van der Waals surface area (Å²) in [7, 11) is 6.03. The molecule has 33 heavy (non-hydrogen) atoms. The van der Waals surface area contributed by atoms with Gasteiger partial charge in [-0.25, -0.2) is 0 Å². The van der Waals surface area contributed by atoms with Crippen molar-refractivity contribution in [1.29, 1.82) is 0 Å². The zero-order chi connectivity index (χ0) is 27.8. The number of nitrogens with one attached hydrogen (secondary N) is 2. The molecule has 0 bridgehead atoms. The molecular formula is C21H46N4O8. The van der Waals surface area contributed by atoms with Crippen molar-refractivity contribution in [3.8, 4) is 0 Å². The molecule has 0 aromatic rings. The minimum absolute atomic E-state index is 0.0543. The van der Waals surface area contributed by atoms with E-state index >= 15 is 0 Å². The summed E-state index contributed by atoms with van der Waals surface area (Å²) in [5.74, 6) is -2.00. The van der Waals surface area contributed by atoms with Crippen LogP contribution < -0.4 is 22.1 Å². The van der Waals surface area contributed by atoms with Crippen LogP contribution in [0, 0.1) is 0 Å². The molecule has 0 unspecified atom stereocenters. The number of aliphatic carboxylic acids is 1. The number of carboxylic acids is 1. The standard InChI is InChI=1S/C6H11NO2.C5H9NO3.C4H4O3.2C2H6.2CH5N/c1-5(8)3-4-6(9)7-2;1-6-4(7)2-3-5(8)9;5-3-1-2-4(6)7-3;4*1-2/h3-4H2,1-2H3,(H,7,9);2-3H2,1H3,(H,6,7)(H,8,9);1-2H2;2*1-2H3;2*2H2,1H3. The number of cyclic esters (lactones) is 2. The smallest absolute Gasteiger partial charge is 0.314 e. The third-order valence-corrected chi connectivity index (χ3v) is 2.59. The average molecular weight is 483 g/mol. The van der Waals surface area contributed by atoms with E-state index in [9.17, 15) is 28.8 Å². The van der Waals surface area contributed by atoms with Gasteiger partial charge in [0.05, 0.1) is 19.3 Å². The van der Waals surface area contributed by atoms with Crippen LogP contribution in [0.2, 0.25) is 0 Å². The quantitative estimate of drug-likeness (QED) is 0.265. The molecule has 12 heteroatoms. The lowest BCUT2D eigenvalue weighted by atomic mass is 10.2. The molecule has 0 aromatic carbocycles. The molecule has 1 heterocycles. The van der Waals surface area contributed by atoms with Crippen LogP contribution in [0.1, 0.15) is 73.1 Å². The third-order valence-electron chi connectivity index (χ3n) is 2.59. The molecule has 1 fully saturated rings. The fourth-order valence-electron chi connectivity index (χ4n) is 1.19. The van der Waals surface area contributed by atoms with E-state index in [-0.39, 0.29) is 43.3 Å². The molecule has 0 aliphatic carbocycles. The van der Waals surface area contributed by atoms with Crippen molar-refractivity contribution in [3.63, 3.8) is 0 Å². The minimum Gasteiger partial charge on any atom is -0.481 e. The molecule has 7 N–H and O–H groups in total. The molecule has 0 radical (unpaired) electrons. The number of ether oxygens (including phenoxy) is 1. The van der Waals surface area contributed by atoms with E-state index in [1.54, 1.807) is 7.05 Å².